The molecule has 1 aliphatic carbocycles. The third kappa shape index (κ3) is 2.30. The summed E-state index contributed by atoms with van der Waals surface area (Å²) in [5.41, 5.74) is 0.717. The number of hydrogen-bond acceptors (Lipinski definition) is 6. The molecule has 0 unspecified atom stereocenters. The summed E-state index contributed by atoms with van der Waals surface area (Å²) in [6, 6.07) is 0. The number of sulfone groups is 1. The first-order valence-electron chi connectivity index (χ1n) is 5.61. The van der Waals surface area contributed by atoms with Crippen LogP contribution in [-0.4, -0.2) is 28.6 Å². The largest absolute Gasteiger partial charge is 0.262 e. The Kier molecular flexibility index (Phi) is 2.70. The molecule has 18 heavy (non-hydrogen) atoms. The number of H-pyrrole nitrogens is 1. The molecule has 1 saturated carbocycles. The van der Waals surface area contributed by atoms with Gasteiger partial charge in [-0.15, -0.1) is 11.3 Å². The van der Waals surface area contributed by atoms with Crippen molar-refractivity contribution in [1.29, 1.82) is 0 Å². The van der Waals surface area contributed by atoms with E-state index in [1.165, 1.54) is 0 Å². The van der Waals surface area contributed by atoms with Gasteiger partial charge in [0.1, 0.15) is 11.6 Å². The monoisotopic (exact) mass is 284 g/mol. The van der Waals surface area contributed by atoms with Crippen LogP contribution >= 0.6 is 11.3 Å². The van der Waals surface area contributed by atoms with Crippen molar-refractivity contribution < 1.29 is 8.42 Å². The fourth-order valence-electron chi connectivity index (χ4n) is 1.62. The molecule has 6 nitrogen and oxygen atoms in total. The first-order valence-corrected chi connectivity index (χ1v) is 8.14. The number of nitrogens with one attached hydrogen (secondary N) is 1. The van der Waals surface area contributed by atoms with E-state index in [1.807, 2.05) is 0 Å². The topological polar surface area (TPSA) is 88.6 Å². The molecule has 1 N–H and O–H groups in total. The van der Waals surface area contributed by atoms with Gasteiger partial charge in [0.05, 0.1) is 0 Å². The lowest BCUT2D eigenvalue weighted by Crippen LogP contribution is -2.06. The van der Waals surface area contributed by atoms with Crippen LogP contribution in [0.4, 0.5) is 0 Å². The van der Waals surface area contributed by atoms with Gasteiger partial charge in [-0.2, -0.15) is 5.10 Å². The Balaban J connectivity index is 1.81. The molecular weight excluding hydrogens is 272 g/mol. The fourth-order valence-corrected chi connectivity index (χ4v) is 3.94. The molecule has 0 aromatic carbocycles. The number of rotatable bonds is 4. The summed E-state index contributed by atoms with van der Waals surface area (Å²) in [6.07, 6.45) is 2.19. The maximum Gasteiger partial charge on any atom is 0.212 e. The molecule has 2 aromatic heterocycles. The molecule has 8 heteroatoms. The van der Waals surface area contributed by atoms with E-state index < -0.39 is 9.84 Å². The van der Waals surface area contributed by atoms with E-state index in [9.17, 15) is 8.42 Å². The predicted octanol–water partition coefficient (Wildman–Crippen LogP) is 1.42. The molecule has 0 amide bonds. The van der Waals surface area contributed by atoms with Crippen LogP contribution in [0.2, 0.25) is 0 Å². The van der Waals surface area contributed by atoms with E-state index in [0.29, 0.717) is 11.7 Å². The first-order chi connectivity index (χ1) is 8.54. The summed E-state index contributed by atoms with van der Waals surface area (Å²) in [7, 11) is -3.41. The minimum Gasteiger partial charge on any atom is -0.262 e. The summed E-state index contributed by atoms with van der Waals surface area (Å²) in [5, 5.41) is 8.47. The highest BCUT2D eigenvalue weighted by molar-refractivity contribution is 7.92. The van der Waals surface area contributed by atoms with Crippen molar-refractivity contribution in [1.82, 2.24) is 20.2 Å². The van der Waals surface area contributed by atoms with Gasteiger partial charge in [-0.1, -0.05) is 0 Å². The lowest BCUT2D eigenvalue weighted by Gasteiger charge is -1.96. The molecule has 0 saturated heterocycles. The van der Waals surface area contributed by atoms with Crippen molar-refractivity contribution in [2.45, 2.75) is 35.8 Å². The van der Waals surface area contributed by atoms with E-state index in [4.69, 9.17) is 0 Å². The third-order valence-corrected chi connectivity index (χ3v) is 5.76. The lowest BCUT2D eigenvalue weighted by molar-refractivity contribution is 0.593. The van der Waals surface area contributed by atoms with Crippen LogP contribution in [0.5, 0.6) is 0 Å². The van der Waals surface area contributed by atoms with Gasteiger partial charge in [0.25, 0.3) is 0 Å². The second-order valence-corrected chi connectivity index (χ2v) is 7.45. The summed E-state index contributed by atoms with van der Waals surface area (Å²) < 4.78 is 24.3. The van der Waals surface area contributed by atoms with Crippen LogP contribution < -0.4 is 0 Å². The second kappa shape index (κ2) is 4.13. The van der Waals surface area contributed by atoms with Crippen molar-refractivity contribution in [3.8, 4) is 0 Å². The highest BCUT2D eigenvalue weighted by Gasteiger charge is 2.29. The molecule has 0 atom stereocenters. The van der Waals surface area contributed by atoms with Gasteiger partial charge in [0.2, 0.25) is 14.2 Å². The fraction of sp³-hybridized carbons (Fsp3) is 0.500. The number of nitrogens with zero attached hydrogens (tertiary/aromatic N) is 3. The summed E-state index contributed by atoms with van der Waals surface area (Å²) in [5.74, 6) is 1.37. The van der Waals surface area contributed by atoms with Crippen LogP contribution in [-0.2, 0) is 15.6 Å². The predicted molar refractivity (Wildman–Crippen MR) is 66.1 cm³/mol. The molecular formula is C10H12N4O2S2. The summed E-state index contributed by atoms with van der Waals surface area (Å²) in [6.45, 7) is 1.77. The van der Waals surface area contributed by atoms with Crippen LogP contribution in [0, 0.1) is 6.92 Å². The molecule has 2 heterocycles. The standard InChI is InChI=1S/C10H12N4O2S2/c1-6-4-17-10(11-6)18(15,16)5-8-12-9(14-13-8)7-2-3-7/h4,7H,2-3,5H2,1H3,(H,12,13,14). The molecule has 0 bridgehead atoms. The molecule has 1 aliphatic rings. The zero-order valence-corrected chi connectivity index (χ0v) is 11.4. The van der Waals surface area contributed by atoms with Gasteiger partial charge >= 0.3 is 0 Å². The number of hydrogen-bond donors (Lipinski definition) is 1. The van der Waals surface area contributed by atoms with E-state index in [0.717, 1.165) is 35.7 Å². The maximum atomic E-state index is 12.1. The number of thiazole rings is 1. The Bertz CT molecular complexity index is 670. The molecule has 96 valence electrons. The van der Waals surface area contributed by atoms with Gasteiger partial charge in [-0.25, -0.2) is 18.4 Å². The normalized spacial score (nSPS) is 16.1. The number of aromatic amines is 1. The van der Waals surface area contributed by atoms with Crippen molar-refractivity contribution in [2.24, 2.45) is 0 Å². The first kappa shape index (κ1) is 11.8. The zero-order chi connectivity index (χ0) is 12.8. The van der Waals surface area contributed by atoms with E-state index in [2.05, 4.69) is 20.2 Å². The quantitative estimate of drug-likeness (QED) is 0.917. The minimum absolute atomic E-state index is 0.143. The highest BCUT2D eigenvalue weighted by atomic mass is 32.2. The van der Waals surface area contributed by atoms with Crippen molar-refractivity contribution in [2.75, 3.05) is 0 Å². The Hall–Kier alpha value is -1.28. The van der Waals surface area contributed by atoms with Gasteiger partial charge in [0.15, 0.2) is 5.82 Å². The van der Waals surface area contributed by atoms with Crippen LogP contribution in [0.15, 0.2) is 9.72 Å². The van der Waals surface area contributed by atoms with Crippen molar-refractivity contribution in [3.05, 3.63) is 22.7 Å². The Labute approximate surface area is 108 Å². The summed E-state index contributed by atoms with van der Waals surface area (Å²) >= 11 is 1.14. The average molecular weight is 284 g/mol. The number of aryl methyl sites for hydroxylation is 1. The molecule has 3 rings (SSSR count). The molecule has 1 fully saturated rings. The maximum absolute atomic E-state index is 12.1. The van der Waals surface area contributed by atoms with Gasteiger partial charge in [0, 0.05) is 17.0 Å². The Morgan fingerprint density at radius 3 is 2.83 bits per heavy atom. The smallest absolute Gasteiger partial charge is 0.212 e. The summed E-state index contributed by atoms with van der Waals surface area (Å²) in [4.78, 5) is 8.22. The van der Waals surface area contributed by atoms with Crippen molar-refractivity contribution >= 4 is 21.2 Å². The lowest BCUT2D eigenvalue weighted by atomic mass is 10.4. The van der Waals surface area contributed by atoms with E-state index >= 15 is 0 Å². The molecule has 0 radical (unpaired) electrons. The molecule has 2 aromatic rings. The molecule has 0 aliphatic heterocycles. The van der Waals surface area contributed by atoms with E-state index in [1.54, 1.807) is 12.3 Å². The van der Waals surface area contributed by atoms with Crippen LogP contribution in [0.25, 0.3) is 0 Å². The van der Waals surface area contributed by atoms with Crippen LogP contribution in [0.1, 0.15) is 36.1 Å². The van der Waals surface area contributed by atoms with Gasteiger partial charge in [-0.05, 0) is 19.8 Å². The molecule has 0 spiro atoms. The number of aromatic nitrogens is 4. The minimum atomic E-state index is -3.41. The average Bonchev–Trinajstić information content (AvgIpc) is 2.89. The Morgan fingerprint density at radius 1 is 1.44 bits per heavy atom. The van der Waals surface area contributed by atoms with E-state index in [-0.39, 0.29) is 10.1 Å². The van der Waals surface area contributed by atoms with Crippen molar-refractivity contribution in [3.63, 3.8) is 0 Å². The van der Waals surface area contributed by atoms with Gasteiger partial charge < -0.3 is 0 Å². The third-order valence-electron chi connectivity index (χ3n) is 2.68. The van der Waals surface area contributed by atoms with Gasteiger partial charge in [-0.3, -0.25) is 5.10 Å². The van der Waals surface area contributed by atoms with Crippen LogP contribution in [0.3, 0.4) is 0 Å². The second-order valence-electron chi connectivity index (χ2n) is 4.43. The zero-order valence-electron chi connectivity index (χ0n) is 9.75. The Morgan fingerprint density at radius 2 is 2.22 bits per heavy atom. The highest BCUT2D eigenvalue weighted by Crippen LogP contribution is 2.37. The SMILES string of the molecule is Cc1csc(S(=O)(=O)Cc2nc(C3CC3)n[nH]2)n1.